The summed E-state index contributed by atoms with van der Waals surface area (Å²) >= 11 is 6.78. The highest BCUT2D eigenvalue weighted by molar-refractivity contribution is 6.30. The maximum atomic E-state index is 6.78. The Kier molecular flexibility index (Phi) is 6.36. The fourth-order valence-electron chi connectivity index (χ4n) is 4.83. The lowest BCUT2D eigenvalue weighted by atomic mass is 10.1. The summed E-state index contributed by atoms with van der Waals surface area (Å²) in [6.45, 7) is 5.32. The minimum atomic E-state index is 0.201. The molecule has 5 nitrogen and oxygen atoms in total. The molecule has 1 unspecified atom stereocenters. The molecule has 2 fully saturated rings. The number of aromatic nitrogens is 2. The van der Waals surface area contributed by atoms with E-state index < -0.39 is 0 Å². The highest BCUT2D eigenvalue weighted by Crippen LogP contribution is 2.32. The molecule has 0 amide bonds. The number of hydrogen-bond donors (Lipinski definition) is 1. The van der Waals surface area contributed by atoms with Crippen molar-refractivity contribution in [3.8, 4) is 11.4 Å². The first-order chi connectivity index (χ1) is 13.7. The molecule has 28 heavy (non-hydrogen) atoms. The van der Waals surface area contributed by atoms with Crippen molar-refractivity contribution < 1.29 is 0 Å². The molecule has 1 N–H and O–H groups in total. The van der Waals surface area contributed by atoms with Crippen LogP contribution in [0.3, 0.4) is 0 Å². The second-order valence-electron chi connectivity index (χ2n) is 8.12. The van der Waals surface area contributed by atoms with Crippen molar-refractivity contribution in [2.24, 2.45) is 7.05 Å². The van der Waals surface area contributed by atoms with E-state index in [0.717, 1.165) is 61.0 Å². The van der Waals surface area contributed by atoms with Crippen molar-refractivity contribution in [2.45, 2.75) is 37.8 Å². The van der Waals surface area contributed by atoms with Gasteiger partial charge in [-0.3, -0.25) is 9.80 Å². The number of piperazine rings is 1. The van der Waals surface area contributed by atoms with E-state index in [4.69, 9.17) is 16.6 Å². The second-order valence-corrected chi connectivity index (χ2v) is 8.48. The zero-order valence-corrected chi connectivity index (χ0v) is 17.8. The summed E-state index contributed by atoms with van der Waals surface area (Å²) < 4.78 is 2.02. The molecule has 1 saturated carbocycles. The molecule has 0 bridgehead atoms. The van der Waals surface area contributed by atoms with Gasteiger partial charge >= 0.3 is 0 Å². The van der Waals surface area contributed by atoms with Gasteiger partial charge in [-0.1, -0.05) is 54.8 Å². The molecular weight excluding hydrogens is 370 g/mol. The van der Waals surface area contributed by atoms with Gasteiger partial charge in [0.2, 0.25) is 0 Å². The van der Waals surface area contributed by atoms with Crippen LogP contribution in [0, 0.1) is 0 Å². The van der Waals surface area contributed by atoms with Gasteiger partial charge in [0, 0.05) is 51.4 Å². The maximum absolute atomic E-state index is 6.78. The van der Waals surface area contributed by atoms with E-state index in [1.165, 1.54) is 25.7 Å². The Morgan fingerprint density at radius 1 is 1.11 bits per heavy atom. The van der Waals surface area contributed by atoms with E-state index in [9.17, 15) is 0 Å². The van der Waals surface area contributed by atoms with Crippen LogP contribution < -0.4 is 5.32 Å². The maximum Gasteiger partial charge on any atom is 0.141 e. The van der Waals surface area contributed by atoms with Gasteiger partial charge in [-0.05, 0) is 19.9 Å². The highest BCUT2D eigenvalue weighted by atomic mass is 35.5. The molecule has 0 spiro atoms. The average Bonchev–Trinajstić information content (AvgIpc) is 3.37. The molecule has 4 rings (SSSR count). The standard InChI is InChI=1S/C22H32ClN5/c1-24-16-19(28-14-12-27(13-15-28)18-10-6-7-11-18)20-21(23)26(2)22(25-20)17-8-4-3-5-9-17/h3-5,8-9,18-19,24H,6-7,10-16H2,1-2H3. The van der Waals surface area contributed by atoms with Crippen LogP contribution in [-0.2, 0) is 7.05 Å². The predicted octanol–water partition coefficient (Wildman–Crippen LogP) is 3.56. The van der Waals surface area contributed by atoms with Gasteiger partial charge < -0.3 is 9.88 Å². The minimum Gasteiger partial charge on any atom is -0.318 e. The van der Waals surface area contributed by atoms with Gasteiger partial charge in [0.1, 0.15) is 11.0 Å². The molecule has 2 aromatic rings. The van der Waals surface area contributed by atoms with Gasteiger partial charge in [-0.15, -0.1) is 0 Å². The predicted molar refractivity (Wildman–Crippen MR) is 116 cm³/mol. The fourth-order valence-corrected chi connectivity index (χ4v) is 5.08. The molecule has 1 atom stereocenters. The number of nitrogens with zero attached hydrogens (tertiary/aromatic N) is 4. The Morgan fingerprint density at radius 3 is 2.43 bits per heavy atom. The largest absolute Gasteiger partial charge is 0.318 e. The van der Waals surface area contributed by atoms with Gasteiger partial charge in [0.05, 0.1) is 11.7 Å². The molecule has 6 heteroatoms. The highest BCUT2D eigenvalue weighted by Gasteiger charge is 2.32. The zero-order chi connectivity index (χ0) is 19.5. The van der Waals surface area contributed by atoms with Crippen LogP contribution in [0.25, 0.3) is 11.4 Å². The van der Waals surface area contributed by atoms with E-state index >= 15 is 0 Å². The fraction of sp³-hybridized carbons (Fsp3) is 0.591. The molecule has 152 valence electrons. The van der Waals surface area contributed by atoms with Crippen molar-refractivity contribution in [1.29, 1.82) is 0 Å². The Bertz CT molecular complexity index is 761. The lowest BCUT2D eigenvalue weighted by Gasteiger charge is -2.41. The monoisotopic (exact) mass is 401 g/mol. The van der Waals surface area contributed by atoms with Crippen LogP contribution in [-0.4, -0.2) is 65.2 Å². The number of hydrogen-bond acceptors (Lipinski definition) is 4. The molecule has 1 aromatic carbocycles. The minimum absolute atomic E-state index is 0.201. The lowest BCUT2D eigenvalue weighted by molar-refractivity contribution is 0.0691. The first-order valence-corrected chi connectivity index (χ1v) is 11.0. The van der Waals surface area contributed by atoms with Crippen molar-refractivity contribution in [3.63, 3.8) is 0 Å². The SMILES string of the molecule is CNCC(c1nc(-c2ccccc2)n(C)c1Cl)N1CCN(C2CCCC2)CC1. The third kappa shape index (κ3) is 3.99. The molecule has 1 saturated heterocycles. The van der Waals surface area contributed by atoms with E-state index in [2.05, 4.69) is 27.2 Å². The Hall–Kier alpha value is -1.40. The smallest absolute Gasteiger partial charge is 0.141 e. The summed E-state index contributed by atoms with van der Waals surface area (Å²) in [5.41, 5.74) is 2.10. The van der Waals surface area contributed by atoms with Crippen LogP contribution >= 0.6 is 11.6 Å². The van der Waals surface area contributed by atoms with Crippen molar-refractivity contribution in [2.75, 3.05) is 39.8 Å². The van der Waals surface area contributed by atoms with Gasteiger partial charge in [-0.25, -0.2) is 4.98 Å². The normalized spacial score (nSPS) is 20.7. The lowest BCUT2D eigenvalue weighted by Crippen LogP contribution is -2.51. The summed E-state index contributed by atoms with van der Waals surface area (Å²) in [5.74, 6) is 0.936. The van der Waals surface area contributed by atoms with E-state index in [1.54, 1.807) is 0 Å². The zero-order valence-electron chi connectivity index (χ0n) is 17.1. The van der Waals surface area contributed by atoms with E-state index in [-0.39, 0.29) is 6.04 Å². The molecule has 0 radical (unpaired) electrons. The Labute approximate surface area is 173 Å². The third-order valence-corrected chi connectivity index (χ3v) is 6.87. The van der Waals surface area contributed by atoms with E-state index in [0.29, 0.717) is 0 Å². The molecule has 1 aromatic heterocycles. The van der Waals surface area contributed by atoms with Crippen LogP contribution in [0.5, 0.6) is 0 Å². The van der Waals surface area contributed by atoms with Crippen molar-refractivity contribution in [1.82, 2.24) is 24.7 Å². The van der Waals surface area contributed by atoms with Gasteiger partial charge in [0.15, 0.2) is 0 Å². The van der Waals surface area contributed by atoms with Gasteiger partial charge in [-0.2, -0.15) is 0 Å². The summed E-state index contributed by atoms with van der Waals surface area (Å²) in [4.78, 5) is 10.3. The summed E-state index contributed by atoms with van der Waals surface area (Å²) in [6, 6.07) is 11.3. The summed E-state index contributed by atoms with van der Waals surface area (Å²) in [5, 5.41) is 4.11. The first-order valence-electron chi connectivity index (χ1n) is 10.6. The molecule has 1 aliphatic heterocycles. The van der Waals surface area contributed by atoms with E-state index in [1.807, 2.05) is 36.9 Å². The number of halogens is 1. The first kappa shape index (κ1) is 19.9. The summed E-state index contributed by atoms with van der Waals surface area (Å²) in [6.07, 6.45) is 5.57. The molecule has 2 aliphatic rings. The molecule has 1 aliphatic carbocycles. The van der Waals surface area contributed by atoms with Crippen LogP contribution in [0.4, 0.5) is 0 Å². The number of benzene rings is 1. The number of imidazole rings is 1. The summed E-state index contributed by atoms with van der Waals surface area (Å²) in [7, 11) is 4.02. The Morgan fingerprint density at radius 2 is 1.79 bits per heavy atom. The van der Waals surface area contributed by atoms with Gasteiger partial charge in [0.25, 0.3) is 0 Å². The molecular formula is C22H32ClN5. The second kappa shape index (κ2) is 8.95. The van der Waals surface area contributed by atoms with Crippen LogP contribution in [0.15, 0.2) is 30.3 Å². The number of rotatable bonds is 6. The third-order valence-electron chi connectivity index (χ3n) is 6.43. The Balaban J connectivity index is 1.53. The van der Waals surface area contributed by atoms with Crippen LogP contribution in [0.2, 0.25) is 5.15 Å². The van der Waals surface area contributed by atoms with Crippen molar-refractivity contribution in [3.05, 3.63) is 41.2 Å². The number of nitrogens with one attached hydrogen (secondary N) is 1. The number of likely N-dealkylation sites (N-methyl/N-ethyl adjacent to an activating group) is 1. The van der Waals surface area contributed by atoms with Crippen molar-refractivity contribution >= 4 is 11.6 Å². The quantitative estimate of drug-likeness (QED) is 0.802. The topological polar surface area (TPSA) is 36.3 Å². The molecule has 2 heterocycles. The average molecular weight is 402 g/mol. The van der Waals surface area contributed by atoms with Crippen LogP contribution in [0.1, 0.15) is 37.4 Å².